The van der Waals surface area contributed by atoms with E-state index in [4.69, 9.17) is 5.11 Å². The van der Waals surface area contributed by atoms with E-state index < -0.39 is 0 Å². The monoisotopic (exact) mass is 254 g/mol. The molecule has 2 heterocycles. The Balaban J connectivity index is 1.74. The molecule has 2 fully saturated rings. The Kier molecular flexibility index (Phi) is 5.93. The minimum absolute atomic E-state index is 0.338. The first-order valence-electron chi connectivity index (χ1n) is 7.87. The van der Waals surface area contributed by atoms with Gasteiger partial charge in [0.2, 0.25) is 0 Å². The summed E-state index contributed by atoms with van der Waals surface area (Å²) < 4.78 is 0. The van der Waals surface area contributed by atoms with Gasteiger partial charge in [0.25, 0.3) is 0 Å². The molecule has 0 radical (unpaired) electrons. The summed E-state index contributed by atoms with van der Waals surface area (Å²) in [6.45, 7) is 8.93. The Morgan fingerprint density at radius 3 is 2.78 bits per heavy atom. The molecule has 0 aromatic carbocycles. The minimum atomic E-state index is 0.338. The van der Waals surface area contributed by atoms with E-state index in [2.05, 4.69) is 16.7 Å². The largest absolute Gasteiger partial charge is 0.396 e. The second-order valence-corrected chi connectivity index (χ2v) is 6.23. The molecule has 0 aliphatic carbocycles. The highest BCUT2D eigenvalue weighted by Crippen LogP contribution is 2.22. The maximum absolute atomic E-state index is 8.92. The standard InChI is InChI=1S/C15H30N2O/c1-14-6-2-3-10-17(14)13-15-7-4-8-16(12-15)9-5-11-18/h14-15,18H,2-13H2,1H3. The molecular formula is C15H30N2O. The van der Waals surface area contributed by atoms with Crippen molar-refractivity contribution in [3.05, 3.63) is 0 Å². The van der Waals surface area contributed by atoms with Gasteiger partial charge in [-0.15, -0.1) is 0 Å². The normalized spacial score (nSPS) is 31.7. The van der Waals surface area contributed by atoms with Crippen LogP contribution in [0.3, 0.4) is 0 Å². The van der Waals surface area contributed by atoms with Crippen LogP contribution in [0.15, 0.2) is 0 Å². The van der Waals surface area contributed by atoms with E-state index >= 15 is 0 Å². The van der Waals surface area contributed by atoms with Gasteiger partial charge in [0.15, 0.2) is 0 Å². The number of aliphatic hydroxyl groups excluding tert-OH is 1. The second kappa shape index (κ2) is 7.46. The Labute approximate surface area is 112 Å². The number of piperidine rings is 2. The molecule has 0 amide bonds. The van der Waals surface area contributed by atoms with Gasteiger partial charge >= 0.3 is 0 Å². The van der Waals surface area contributed by atoms with Crippen LogP contribution in [0.2, 0.25) is 0 Å². The smallest absolute Gasteiger partial charge is 0.0443 e. The van der Waals surface area contributed by atoms with Gasteiger partial charge in [0, 0.05) is 32.3 Å². The number of hydrogen-bond acceptors (Lipinski definition) is 3. The highest BCUT2D eigenvalue weighted by atomic mass is 16.3. The highest BCUT2D eigenvalue weighted by Gasteiger charge is 2.25. The van der Waals surface area contributed by atoms with Crippen molar-refractivity contribution in [3.63, 3.8) is 0 Å². The molecule has 106 valence electrons. The Morgan fingerprint density at radius 2 is 2.00 bits per heavy atom. The van der Waals surface area contributed by atoms with Crippen LogP contribution >= 0.6 is 0 Å². The van der Waals surface area contributed by atoms with Crippen molar-refractivity contribution in [1.29, 1.82) is 0 Å². The summed E-state index contributed by atoms with van der Waals surface area (Å²) in [5, 5.41) is 8.92. The van der Waals surface area contributed by atoms with Crippen LogP contribution in [0, 0.1) is 5.92 Å². The molecule has 0 bridgehead atoms. The molecule has 18 heavy (non-hydrogen) atoms. The SMILES string of the molecule is CC1CCCCN1CC1CCCN(CCCO)C1. The molecule has 2 atom stereocenters. The number of nitrogens with zero attached hydrogens (tertiary/aromatic N) is 2. The van der Waals surface area contributed by atoms with Crippen molar-refractivity contribution in [1.82, 2.24) is 9.80 Å². The maximum atomic E-state index is 8.92. The Morgan fingerprint density at radius 1 is 1.11 bits per heavy atom. The van der Waals surface area contributed by atoms with Crippen LogP contribution in [-0.2, 0) is 0 Å². The summed E-state index contributed by atoms with van der Waals surface area (Å²) in [6.07, 6.45) is 7.89. The van der Waals surface area contributed by atoms with Crippen LogP contribution in [-0.4, -0.2) is 60.3 Å². The first-order chi connectivity index (χ1) is 8.79. The van der Waals surface area contributed by atoms with Crippen LogP contribution in [0.25, 0.3) is 0 Å². The van der Waals surface area contributed by atoms with E-state index in [1.54, 1.807) is 0 Å². The topological polar surface area (TPSA) is 26.7 Å². The van der Waals surface area contributed by atoms with Crippen molar-refractivity contribution in [2.45, 2.75) is 51.5 Å². The fourth-order valence-electron chi connectivity index (χ4n) is 3.56. The molecule has 2 aliphatic heterocycles. The molecule has 3 heteroatoms. The Bertz CT molecular complexity index is 235. The van der Waals surface area contributed by atoms with E-state index in [9.17, 15) is 0 Å². The lowest BCUT2D eigenvalue weighted by atomic mass is 9.94. The van der Waals surface area contributed by atoms with Gasteiger partial charge in [-0.2, -0.15) is 0 Å². The molecule has 0 saturated carbocycles. The zero-order chi connectivity index (χ0) is 12.8. The first-order valence-corrected chi connectivity index (χ1v) is 7.87. The molecule has 1 N–H and O–H groups in total. The maximum Gasteiger partial charge on any atom is 0.0443 e. The quantitative estimate of drug-likeness (QED) is 0.812. The van der Waals surface area contributed by atoms with Gasteiger partial charge in [-0.3, -0.25) is 0 Å². The van der Waals surface area contributed by atoms with Crippen LogP contribution in [0.4, 0.5) is 0 Å². The van der Waals surface area contributed by atoms with Gasteiger partial charge in [0.1, 0.15) is 0 Å². The predicted octanol–water partition coefficient (Wildman–Crippen LogP) is 1.96. The van der Waals surface area contributed by atoms with Crippen molar-refractivity contribution >= 4 is 0 Å². The summed E-state index contributed by atoms with van der Waals surface area (Å²) >= 11 is 0. The lowest BCUT2D eigenvalue weighted by Crippen LogP contribution is -2.45. The van der Waals surface area contributed by atoms with Crippen LogP contribution < -0.4 is 0 Å². The molecule has 2 unspecified atom stereocenters. The van der Waals surface area contributed by atoms with Gasteiger partial charge in [-0.05, 0) is 58.0 Å². The van der Waals surface area contributed by atoms with Crippen molar-refractivity contribution < 1.29 is 5.11 Å². The fraction of sp³-hybridized carbons (Fsp3) is 1.00. The van der Waals surface area contributed by atoms with Gasteiger partial charge in [0.05, 0.1) is 0 Å². The average Bonchev–Trinajstić information content (AvgIpc) is 2.40. The number of likely N-dealkylation sites (tertiary alicyclic amines) is 2. The van der Waals surface area contributed by atoms with Gasteiger partial charge < -0.3 is 14.9 Å². The molecular weight excluding hydrogens is 224 g/mol. The summed E-state index contributed by atoms with van der Waals surface area (Å²) in [5.74, 6) is 0.859. The van der Waals surface area contributed by atoms with Crippen LogP contribution in [0.1, 0.15) is 45.4 Å². The van der Waals surface area contributed by atoms with Crippen molar-refractivity contribution in [2.24, 2.45) is 5.92 Å². The zero-order valence-electron chi connectivity index (χ0n) is 12.0. The van der Waals surface area contributed by atoms with Crippen LogP contribution in [0.5, 0.6) is 0 Å². The number of rotatable bonds is 5. The first kappa shape index (κ1) is 14.3. The van der Waals surface area contributed by atoms with E-state index in [0.717, 1.165) is 24.9 Å². The predicted molar refractivity (Wildman–Crippen MR) is 75.8 cm³/mol. The lowest BCUT2D eigenvalue weighted by molar-refractivity contribution is 0.0910. The third-order valence-electron chi connectivity index (χ3n) is 4.67. The van der Waals surface area contributed by atoms with Crippen molar-refractivity contribution in [2.75, 3.05) is 39.3 Å². The molecule has 0 aromatic heterocycles. The van der Waals surface area contributed by atoms with E-state index in [1.165, 1.54) is 58.3 Å². The second-order valence-electron chi connectivity index (χ2n) is 6.23. The highest BCUT2D eigenvalue weighted by molar-refractivity contribution is 4.80. The number of hydrogen-bond donors (Lipinski definition) is 1. The van der Waals surface area contributed by atoms with E-state index in [0.29, 0.717) is 6.61 Å². The molecule has 0 spiro atoms. The average molecular weight is 254 g/mol. The lowest BCUT2D eigenvalue weighted by Gasteiger charge is -2.39. The Hall–Kier alpha value is -0.120. The van der Waals surface area contributed by atoms with E-state index in [1.807, 2.05) is 0 Å². The summed E-state index contributed by atoms with van der Waals surface area (Å²) in [7, 11) is 0. The third kappa shape index (κ3) is 4.22. The van der Waals surface area contributed by atoms with E-state index in [-0.39, 0.29) is 0 Å². The van der Waals surface area contributed by atoms with Gasteiger partial charge in [-0.1, -0.05) is 6.42 Å². The number of aliphatic hydroxyl groups is 1. The van der Waals surface area contributed by atoms with Gasteiger partial charge in [-0.25, -0.2) is 0 Å². The summed E-state index contributed by atoms with van der Waals surface area (Å²) in [5.41, 5.74) is 0. The van der Waals surface area contributed by atoms with Crippen molar-refractivity contribution in [3.8, 4) is 0 Å². The molecule has 2 aliphatic rings. The summed E-state index contributed by atoms with van der Waals surface area (Å²) in [6, 6.07) is 0.798. The molecule has 2 saturated heterocycles. The fourth-order valence-corrected chi connectivity index (χ4v) is 3.56. The molecule has 3 nitrogen and oxygen atoms in total. The summed E-state index contributed by atoms with van der Waals surface area (Å²) in [4.78, 5) is 5.27. The third-order valence-corrected chi connectivity index (χ3v) is 4.67. The minimum Gasteiger partial charge on any atom is -0.396 e. The molecule has 2 rings (SSSR count). The molecule has 0 aromatic rings. The zero-order valence-corrected chi connectivity index (χ0v) is 12.0.